The molecule has 0 unspecified atom stereocenters. The highest BCUT2D eigenvalue weighted by molar-refractivity contribution is 5.79. The summed E-state index contributed by atoms with van der Waals surface area (Å²) < 4.78 is 0. The fraction of sp³-hybridized carbons (Fsp3) is 0.273. The zero-order chi connectivity index (χ0) is 12.8. The van der Waals surface area contributed by atoms with Gasteiger partial charge in [-0.15, -0.1) is 0 Å². The van der Waals surface area contributed by atoms with Crippen molar-refractivity contribution in [2.24, 2.45) is 0 Å². The molecule has 0 spiro atoms. The standard InChI is InChI=1S/C11H12N2O4/c1-12-11(15)7-9-6-10(13(16)17)3-2-8(9)4-5-14/h2-3,5-6H,4,7H2,1H3,(H,12,15). The van der Waals surface area contributed by atoms with E-state index in [0.717, 1.165) is 0 Å². The number of benzene rings is 1. The van der Waals surface area contributed by atoms with Gasteiger partial charge in [0, 0.05) is 25.6 Å². The second kappa shape index (κ2) is 5.74. The summed E-state index contributed by atoms with van der Waals surface area (Å²) in [5.41, 5.74) is 1.05. The normalized spacial score (nSPS) is 9.71. The zero-order valence-corrected chi connectivity index (χ0v) is 9.30. The number of non-ortho nitro benzene ring substituents is 1. The molecule has 6 heteroatoms. The van der Waals surface area contributed by atoms with Gasteiger partial charge in [0.05, 0.1) is 11.3 Å². The molecule has 90 valence electrons. The number of hydrogen-bond acceptors (Lipinski definition) is 4. The average Bonchev–Trinajstić information content (AvgIpc) is 2.31. The Balaban J connectivity index is 3.10. The Morgan fingerprint density at radius 3 is 2.71 bits per heavy atom. The van der Waals surface area contributed by atoms with Crippen LogP contribution < -0.4 is 5.32 Å². The SMILES string of the molecule is CNC(=O)Cc1cc([N+](=O)[O-])ccc1CC=O. The number of aldehydes is 1. The lowest BCUT2D eigenvalue weighted by Gasteiger charge is -2.06. The van der Waals surface area contributed by atoms with Crippen molar-refractivity contribution in [1.29, 1.82) is 0 Å². The van der Waals surface area contributed by atoms with Gasteiger partial charge in [-0.2, -0.15) is 0 Å². The van der Waals surface area contributed by atoms with E-state index in [1.165, 1.54) is 25.2 Å². The number of likely N-dealkylation sites (N-methyl/N-ethyl adjacent to an activating group) is 1. The molecule has 0 aliphatic heterocycles. The van der Waals surface area contributed by atoms with Crippen molar-refractivity contribution in [2.75, 3.05) is 7.05 Å². The van der Waals surface area contributed by atoms with Crippen molar-refractivity contribution in [3.63, 3.8) is 0 Å². The van der Waals surface area contributed by atoms with Gasteiger partial charge in [-0.25, -0.2) is 0 Å². The van der Waals surface area contributed by atoms with E-state index in [1.54, 1.807) is 0 Å². The molecule has 0 aliphatic carbocycles. The van der Waals surface area contributed by atoms with E-state index in [0.29, 0.717) is 17.4 Å². The molecule has 1 aromatic carbocycles. The van der Waals surface area contributed by atoms with Crippen molar-refractivity contribution >= 4 is 17.9 Å². The summed E-state index contributed by atoms with van der Waals surface area (Å²) in [5, 5.41) is 13.0. The molecular formula is C11H12N2O4. The van der Waals surface area contributed by atoms with E-state index in [4.69, 9.17) is 0 Å². The number of rotatable bonds is 5. The topological polar surface area (TPSA) is 89.3 Å². The van der Waals surface area contributed by atoms with Gasteiger partial charge in [-0.3, -0.25) is 14.9 Å². The summed E-state index contributed by atoms with van der Waals surface area (Å²) in [6.45, 7) is 0. The third kappa shape index (κ3) is 3.37. The van der Waals surface area contributed by atoms with Crippen LogP contribution in [-0.4, -0.2) is 24.2 Å². The first-order valence-corrected chi connectivity index (χ1v) is 4.99. The molecule has 6 nitrogen and oxygen atoms in total. The van der Waals surface area contributed by atoms with Gasteiger partial charge in [0.15, 0.2) is 0 Å². The lowest BCUT2D eigenvalue weighted by atomic mass is 10.0. The van der Waals surface area contributed by atoms with Gasteiger partial charge >= 0.3 is 0 Å². The summed E-state index contributed by atoms with van der Waals surface area (Å²) in [5.74, 6) is -0.252. The van der Waals surface area contributed by atoms with Crippen LogP contribution in [0.25, 0.3) is 0 Å². The van der Waals surface area contributed by atoms with E-state index in [9.17, 15) is 19.7 Å². The highest BCUT2D eigenvalue weighted by Crippen LogP contribution is 2.18. The van der Waals surface area contributed by atoms with Gasteiger partial charge in [-0.1, -0.05) is 6.07 Å². The van der Waals surface area contributed by atoms with E-state index >= 15 is 0 Å². The first-order chi connectivity index (χ1) is 8.08. The maximum atomic E-state index is 11.2. The highest BCUT2D eigenvalue weighted by Gasteiger charge is 2.12. The summed E-state index contributed by atoms with van der Waals surface area (Å²) in [6.07, 6.45) is 0.875. The predicted molar refractivity (Wildman–Crippen MR) is 60.6 cm³/mol. The second-order valence-electron chi connectivity index (χ2n) is 3.43. The molecule has 0 saturated carbocycles. The third-order valence-electron chi connectivity index (χ3n) is 2.33. The summed E-state index contributed by atoms with van der Waals surface area (Å²) in [7, 11) is 1.49. The second-order valence-corrected chi connectivity index (χ2v) is 3.43. The van der Waals surface area contributed by atoms with Crippen molar-refractivity contribution < 1.29 is 14.5 Å². The summed E-state index contributed by atoms with van der Waals surface area (Å²) in [6, 6.07) is 4.16. The summed E-state index contributed by atoms with van der Waals surface area (Å²) >= 11 is 0. The fourth-order valence-electron chi connectivity index (χ4n) is 1.44. The molecule has 1 amide bonds. The number of nitro groups is 1. The molecular weight excluding hydrogens is 224 g/mol. The Morgan fingerprint density at radius 1 is 1.47 bits per heavy atom. The van der Waals surface area contributed by atoms with Crippen LogP contribution in [0.5, 0.6) is 0 Å². The molecule has 0 atom stereocenters. The fourth-order valence-corrected chi connectivity index (χ4v) is 1.44. The monoisotopic (exact) mass is 236 g/mol. The number of carbonyl (C=O) groups is 2. The van der Waals surface area contributed by atoms with Crippen LogP contribution in [-0.2, 0) is 22.4 Å². The van der Waals surface area contributed by atoms with Crippen LogP contribution >= 0.6 is 0 Å². The van der Waals surface area contributed by atoms with Crippen molar-refractivity contribution in [3.8, 4) is 0 Å². The number of amides is 1. The smallest absolute Gasteiger partial charge is 0.269 e. The third-order valence-corrected chi connectivity index (χ3v) is 2.33. The minimum absolute atomic E-state index is 0.0291. The van der Waals surface area contributed by atoms with E-state index in [2.05, 4.69) is 5.32 Å². The van der Waals surface area contributed by atoms with Gasteiger partial charge in [0.1, 0.15) is 6.29 Å². The molecule has 1 rings (SSSR count). The van der Waals surface area contributed by atoms with Crippen molar-refractivity contribution in [3.05, 3.63) is 39.4 Å². The number of nitrogens with zero attached hydrogens (tertiary/aromatic N) is 1. The van der Waals surface area contributed by atoms with E-state index in [1.807, 2.05) is 0 Å². The maximum Gasteiger partial charge on any atom is 0.269 e. The van der Waals surface area contributed by atoms with Crippen LogP contribution in [0.2, 0.25) is 0 Å². The largest absolute Gasteiger partial charge is 0.359 e. The maximum absolute atomic E-state index is 11.2. The van der Waals surface area contributed by atoms with Gasteiger partial charge in [0.2, 0.25) is 5.91 Å². The minimum atomic E-state index is -0.530. The molecule has 0 fully saturated rings. The molecule has 0 radical (unpaired) electrons. The Kier molecular flexibility index (Phi) is 4.33. The quantitative estimate of drug-likeness (QED) is 0.461. The first kappa shape index (κ1) is 12.8. The Labute approximate surface area is 97.8 Å². The molecule has 1 aromatic rings. The molecule has 0 aliphatic rings. The summed E-state index contributed by atoms with van der Waals surface area (Å²) in [4.78, 5) is 31.8. The first-order valence-electron chi connectivity index (χ1n) is 4.99. The van der Waals surface area contributed by atoms with E-state index in [-0.39, 0.29) is 24.4 Å². The van der Waals surface area contributed by atoms with Gasteiger partial charge in [-0.05, 0) is 11.1 Å². The highest BCUT2D eigenvalue weighted by atomic mass is 16.6. The molecule has 1 N–H and O–H groups in total. The van der Waals surface area contributed by atoms with Crippen LogP contribution in [0.4, 0.5) is 5.69 Å². The zero-order valence-electron chi connectivity index (χ0n) is 9.30. The van der Waals surface area contributed by atoms with Crippen LogP contribution in [0.3, 0.4) is 0 Å². The molecule has 0 saturated heterocycles. The molecule has 0 bridgehead atoms. The molecule has 0 aromatic heterocycles. The van der Waals surface area contributed by atoms with Gasteiger partial charge < -0.3 is 10.1 Å². The lowest BCUT2D eigenvalue weighted by molar-refractivity contribution is -0.384. The number of nitro benzene ring substituents is 1. The predicted octanol–water partition coefficient (Wildman–Crippen LogP) is 0.625. The van der Waals surface area contributed by atoms with Crippen LogP contribution in [0.15, 0.2) is 18.2 Å². The Bertz CT molecular complexity index is 457. The molecule has 17 heavy (non-hydrogen) atoms. The minimum Gasteiger partial charge on any atom is -0.359 e. The Hall–Kier alpha value is -2.24. The van der Waals surface area contributed by atoms with Crippen LogP contribution in [0, 0.1) is 10.1 Å². The Morgan fingerprint density at radius 2 is 2.18 bits per heavy atom. The number of nitrogens with one attached hydrogen (secondary N) is 1. The molecule has 0 heterocycles. The average molecular weight is 236 g/mol. The van der Waals surface area contributed by atoms with Crippen molar-refractivity contribution in [1.82, 2.24) is 5.32 Å². The number of carbonyl (C=O) groups excluding carboxylic acids is 2. The van der Waals surface area contributed by atoms with Gasteiger partial charge in [0.25, 0.3) is 5.69 Å². The number of hydrogen-bond donors (Lipinski definition) is 1. The van der Waals surface area contributed by atoms with Crippen LogP contribution in [0.1, 0.15) is 11.1 Å². The van der Waals surface area contributed by atoms with Crippen molar-refractivity contribution in [2.45, 2.75) is 12.8 Å². The lowest BCUT2D eigenvalue weighted by Crippen LogP contribution is -2.20. The van der Waals surface area contributed by atoms with E-state index < -0.39 is 4.92 Å².